The van der Waals surface area contributed by atoms with Gasteiger partial charge in [-0.05, 0) is 80.1 Å². The molecule has 350 valence electrons. The standard InChI is InChI=1S/C44H57N3O15S2/c1-44(19-8-30-63(51,52)53)37-32-35(64(54,55)56)13-15-38(37)46(20-6-4-5-11-43(50)62-47-41(48)16-17-42(47)49)40(44)10-7-9-33-18-23-61-39-31-34(12-14-36(33)39)45(21-24-59-28-26-57-2)22-25-60-29-27-58-3/h7,9-10,12-15,18,23,31-32H,4-6,8,11,16-17,19-22,24-30H2,1-3H3,(H-,51,52,53,54,55,56). The first-order valence-electron chi connectivity index (χ1n) is 21.1. The van der Waals surface area contributed by atoms with E-state index in [1.165, 1.54) is 12.1 Å². The molecule has 64 heavy (non-hydrogen) atoms. The van der Waals surface area contributed by atoms with E-state index >= 15 is 0 Å². The van der Waals surface area contributed by atoms with E-state index in [4.69, 9.17) is 28.2 Å². The summed E-state index contributed by atoms with van der Waals surface area (Å²) in [4.78, 5) is 42.7. The minimum Gasteiger partial charge on any atom is -0.744 e. The summed E-state index contributed by atoms with van der Waals surface area (Å²) in [5.41, 5.74) is 2.41. The van der Waals surface area contributed by atoms with Crippen LogP contribution in [0.3, 0.4) is 0 Å². The van der Waals surface area contributed by atoms with Crippen LogP contribution in [0.25, 0.3) is 17.4 Å². The van der Waals surface area contributed by atoms with Crippen LogP contribution in [0.1, 0.15) is 69.4 Å². The largest absolute Gasteiger partial charge is 0.744 e. The van der Waals surface area contributed by atoms with Gasteiger partial charge in [0.2, 0.25) is 5.36 Å². The Hall–Kier alpha value is -4.80. The maximum Gasteiger partial charge on any atom is 0.333 e. The molecule has 1 fully saturated rings. The van der Waals surface area contributed by atoms with Crippen LogP contribution in [0.5, 0.6) is 0 Å². The first-order valence-corrected chi connectivity index (χ1v) is 24.1. The van der Waals surface area contributed by atoms with E-state index in [1.54, 1.807) is 26.5 Å². The number of hydrogen-bond donors (Lipinski definition) is 1. The number of carbonyl (C=O) groups excluding carboxylic acids is 3. The maximum atomic E-state index is 12.4. The molecule has 5 rings (SSSR count). The third-order valence-corrected chi connectivity index (χ3v) is 12.7. The molecule has 3 heterocycles. The summed E-state index contributed by atoms with van der Waals surface area (Å²) in [6.45, 7) is 6.26. The SMILES string of the molecule is COCCOCC[N+](CCOCCOC)=c1ccc2c(/C=C/C=C3/N(CCCCCC(=O)ON4C(=O)CCC4=O)c4ccc(S(=O)(=O)[O-])cc4C3(C)CCCS(=O)(=O)O)ccoc-2c1. The number of imide groups is 1. The fraction of sp³-hybridized carbons (Fsp3) is 0.500. The highest BCUT2D eigenvalue weighted by atomic mass is 32.2. The zero-order chi connectivity index (χ0) is 46.3. The molecule has 1 aliphatic carbocycles. The zero-order valence-corrected chi connectivity index (χ0v) is 38.0. The second-order valence-electron chi connectivity index (χ2n) is 15.5. The molecule has 2 amide bonds. The van der Waals surface area contributed by atoms with Gasteiger partial charge in [0.1, 0.15) is 29.1 Å². The van der Waals surface area contributed by atoms with E-state index in [0.29, 0.717) is 106 Å². The normalized spacial score (nSPS) is 17.4. The number of nitrogens with zero attached hydrogens (tertiary/aromatic N) is 3. The smallest absolute Gasteiger partial charge is 0.333 e. The van der Waals surface area contributed by atoms with E-state index in [2.05, 4.69) is 4.58 Å². The molecule has 20 heteroatoms. The summed E-state index contributed by atoms with van der Waals surface area (Å²) < 4.78 is 99.8. The van der Waals surface area contributed by atoms with Crippen molar-refractivity contribution in [1.29, 1.82) is 0 Å². The predicted molar refractivity (Wildman–Crippen MR) is 233 cm³/mol. The number of carbonyl (C=O) groups is 3. The van der Waals surface area contributed by atoms with E-state index in [0.717, 1.165) is 16.5 Å². The summed E-state index contributed by atoms with van der Waals surface area (Å²) in [5.74, 6) is -1.75. The van der Waals surface area contributed by atoms with Gasteiger partial charge in [0.15, 0.2) is 13.1 Å². The average Bonchev–Trinajstić information content (AvgIpc) is 3.68. The molecule has 1 aromatic rings. The molecule has 0 bridgehead atoms. The van der Waals surface area contributed by atoms with E-state index < -0.39 is 54.1 Å². The van der Waals surface area contributed by atoms with Gasteiger partial charge in [-0.3, -0.25) is 14.1 Å². The molecule has 4 aliphatic rings. The number of amides is 2. The summed E-state index contributed by atoms with van der Waals surface area (Å²) in [5, 5.41) is 1.41. The highest BCUT2D eigenvalue weighted by Gasteiger charge is 2.43. The highest BCUT2D eigenvalue weighted by molar-refractivity contribution is 7.86. The first kappa shape index (κ1) is 50.2. The van der Waals surface area contributed by atoms with E-state index in [1.807, 2.05) is 54.3 Å². The van der Waals surface area contributed by atoms with Crippen LogP contribution < -0.4 is 14.8 Å². The van der Waals surface area contributed by atoms with Crippen LogP contribution in [0, 0.1) is 0 Å². The minimum absolute atomic E-state index is 0.0108. The molecule has 1 atom stereocenters. The van der Waals surface area contributed by atoms with Crippen LogP contribution >= 0.6 is 0 Å². The molecule has 0 aromatic heterocycles. The third-order valence-electron chi connectivity index (χ3n) is 11.0. The Balaban J connectivity index is 1.44. The number of hydrogen-bond acceptors (Lipinski definition) is 15. The number of ether oxygens (including phenoxy) is 4. The second-order valence-corrected chi connectivity index (χ2v) is 18.5. The molecule has 0 radical (unpaired) electrons. The van der Waals surface area contributed by atoms with Gasteiger partial charge in [-0.25, -0.2) is 17.8 Å². The van der Waals surface area contributed by atoms with E-state index in [9.17, 15) is 40.3 Å². The van der Waals surface area contributed by atoms with Crippen LogP contribution in [-0.4, -0.2) is 128 Å². The van der Waals surface area contributed by atoms with Crippen LogP contribution in [-0.2, 0) is 63.8 Å². The topological polar surface area (TPSA) is 232 Å². The number of fused-ring (bicyclic) bond motifs is 2. The van der Waals surface area contributed by atoms with Crippen molar-refractivity contribution in [3.8, 4) is 11.3 Å². The summed E-state index contributed by atoms with van der Waals surface area (Å²) >= 11 is 0. The van der Waals surface area contributed by atoms with Crippen molar-refractivity contribution < 1.29 is 68.5 Å². The fourth-order valence-electron chi connectivity index (χ4n) is 7.73. The number of benzene rings is 2. The van der Waals surface area contributed by atoms with Crippen molar-refractivity contribution in [2.24, 2.45) is 0 Å². The molecular weight excluding hydrogens is 875 g/mol. The lowest BCUT2D eigenvalue weighted by Gasteiger charge is -2.30. The predicted octanol–water partition coefficient (Wildman–Crippen LogP) is 3.90. The number of anilines is 1. The van der Waals surface area contributed by atoms with Crippen molar-refractivity contribution in [1.82, 2.24) is 9.64 Å². The van der Waals surface area contributed by atoms with Gasteiger partial charge in [0.05, 0.1) is 49.4 Å². The van der Waals surface area contributed by atoms with Crippen LogP contribution in [0.4, 0.5) is 5.69 Å². The molecule has 1 saturated heterocycles. The summed E-state index contributed by atoms with van der Waals surface area (Å²) in [6.07, 6.45) is 8.73. The third kappa shape index (κ3) is 13.9. The number of hydroxylamine groups is 2. The molecule has 18 nitrogen and oxygen atoms in total. The molecule has 3 aliphatic heterocycles. The van der Waals surface area contributed by atoms with Crippen LogP contribution in [0.15, 0.2) is 75.9 Å². The average molecular weight is 932 g/mol. The fourth-order valence-corrected chi connectivity index (χ4v) is 8.74. The summed E-state index contributed by atoms with van der Waals surface area (Å²) in [6, 6.07) is 11.8. The lowest BCUT2D eigenvalue weighted by Crippen LogP contribution is -2.36. The molecule has 0 saturated carbocycles. The monoisotopic (exact) mass is 931 g/mol. The zero-order valence-electron chi connectivity index (χ0n) is 36.4. The van der Waals surface area contributed by atoms with Gasteiger partial charge < -0.3 is 37.7 Å². The van der Waals surface area contributed by atoms with E-state index in [-0.39, 0.29) is 32.1 Å². The number of unbranched alkanes of at least 4 members (excludes halogenated alkanes) is 2. The van der Waals surface area contributed by atoms with Gasteiger partial charge in [0, 0.05) is 68.5 Å². The Kier molecular flexibility index (Phi) is 18.4. The number of allylic oxidation sites excluding steroid dienone is 3. The van der Waals surface area contributed by atoms with Gasteiger partial charge in [0.25, 0.3) is 21.9 Å². The van der Waals surface area contributed by atoms with Gasteiger partial charge in [-0.15, -0.1) is 5.06 Å². The van der Waals surface area contributed by atoms with Gasteiger partial charge in [-0.1, -0.05) is 18.6 Å². The van der Waals surface area contributed by atoms with Crippen molar-refractivity contribution >= 4 is 49.8 Å². The summed E-state index contributed by atoms with van der Waals surface area (Å²) in [7, 11) is -5.95. The molecule has 1 aromatic carbocycles. The quantitative estimate of drug-likeness (QED) is 0.0521. The van der Waals surface area contributed by atoms with Gasteiger partial charge in [-0.2, -0.15) is 8.42 Å². The van der Waals surface area contributed by atoms with Crippen molar-refractivity contribution in [3.63, 3.8) is 0 Å². The maximum absolute atomic E-state index is 12.4. The highest BCUT2D eigenvalue weighted by Crippen LogP contribution is 2.51. The molecule has 0 spiro atoms. The Morgan fingerprint density at radius 3 is 2.22 bits per heavy atom. The first-order chi connectivity index (χ1) is 30.6. The van der Waals surface area contributed by atoms with Crippen molar-refractivity contribution in [2.45, 2.75) is 68.6 Å². The van der Waals surface area contributed by atoms with Gasteiger partial charge >= 0.3 is 5.97 Å². The number of methoxy groups -OCH3 is 2. The minimum atomic E-state index is -4.86. The Morgan fingerprint density at radius 2 is 1.58 bits per heavy atom. The van der Waals surface area contributed by atoms with Crippen molar-refractivity contribution in [2.75, 3.05) is 84.1 Å². The lowest BCUT2D eigenvalue weighted by atomic mass is 9.77. The number of rotatable bonds is 26. The Labute approximate surface area is 373 Å². The van der Waals surface area contributed by atoms with Crippen LogP contribution in [0.2, 0.25) is 0 Å². The molecule has 1 N–H and O–H groups in total. The Morgan fingerprint density at radius 1 is 0.891 bits per heavy atom. The Bertz CT molecular complexity index is 2400. The lowest BCUT2D eigenvalue weighted by molar-refractivity contribution is -0.197. The molecule has 1 unspecified atom stereocenters. The second kappa shape index (κ2) is 23.4. The molecular formula is C44H57N3O15S2. The van der Waals surface area contributed by atoms with Crippen molar-refractivity contribution in [3.05, 3.63) is 83.1 Å².